The molecule has 3 aromatic heterocycles. The van der Waals surface area contributed by atoms with E-state index in [1.165, 1.54) is 5.56 Å². The van der Waals surface area contributed by atoms with Crippen molar-refractivity contribution in [2.24, 2.45) is 5.92 Å². The van der Waals surface area contributed by atoms with Gasteiger partial charge in [-0.1, -0.05) is 68.1 Å². The van der Waals surface area contributed by atoms with Gasteiger partial charge in [-0.2, -0.15) is 0 Å². The molecule has 0 spiro atoms. The summed E-state index contributed by atoms with van der Waals surface area (Å²) in [4.78, 5) is 16.1. The standard InChI is InChI=1S/C27H26N4O2S2/c1-16(2)21-13-20-22(14-33-21)35-25-23(20)24(32)30(19-11-7-8-17(3)12-19)26-28-29-27(31(25)26)34-15-18-9-5-4-6-10-18/h4-12,16,21H,13-15H2,1-3H3/t21-/m1/s1. The maximum Gasteiger partial charge on any atom is 0.268 e. The molecular formula is C27H26N4O2S2. The Kier molecular flexibility index (Phi) is 5.75. The number of ether oxygens (including phenoxy) is 1. The van der Waals surface area contributed by atoms with Gasteiger partial charge in [-0.25, -0.2) is 8.97 Å². The molecule has 0 aliphatic carbocycles. The van der Waals surface area contributed by atoms with Crippen LogP contribution in [0.2, 0.25) is 0 Å². The van der Waals surface area contributed by atoms with Gasteiger partial charge in [0, 0.05) is 17.1 Å². The van der Waals surface area contributed by atoms with Crippen molar-refractivity contribution in [1.82, 2.24) is 19.2 Å². The lowest BCUT2D eigenvalue weighted by atomic mass is 9.96. The fourth-order valence-corrected chi connectivity index (χ4v) is 6.87. The van der Waals surface area contributed by atoms with Gasteiger partial charge in [-0.15, -0.1) is 21.5 Å². The zero-order valence-electron chi connectivity index (χ0n) is 19.9. The van der Waals surface area contributed by atoms with E-state index in [4.69, 9.17) is 4.74 Å². The molecule has 0 saturated carbocycles. The van der Waals surface area contributed by atoms with E-state index in [0.29, 0.717) is 18.3 Å². The number of aryl methyl sites for hydroxylation is 1. The molecule has 4 heterocycles. The molecule has 1 atom stereocenters. The Hall–Kier alpha value is -2.94. The van der Waals surface area contributed by atoms with Crippen molar-refractivity contribution in [3.8, 4) is 5.69 Å². The van der Waals surface area contributed by atoms with E-state index in [1.807, 2.05) is 49.4 Å². The molecule has 2 aromatic carbocycles. The summed E-state index contributed by atoms with van der Waals surface area (Å²) >= 11 is 3.27. The first-order chi connectivity index (χ1) is 17.0. The average molecular weight is 503 g/mol. The molecule has 0 fully saturated rings. The van der Waals surface area contributed by atoms with Crippen LogP contribution >= 0.6 is 23.1 Å². The van der Waals surface area contributed by atoms with E-state index in [2.05, 4.69) is 40.6 Å². The Morgan fingerprint density at radius 2 is 1.97 bits per heavy atom. The molecule has 6 nitrogen and oxygen atoms in total. The first-order valence-corrected chi connectivity index (χ1v) is 13.6. The van der Waals surface area contributed by atoms with Crippen LogP contribution in [0.5, 0.6) is 0 Å². The van der Waals surface area contributed by atoms with Crippen molar-refractivity contribution in [3.63, 3.8) is 0 Å². The fraction of sp³-hybridized carbons (Fsp3) is 0.296. The summed E-state index contributed by atoms with van der Waals surface area (Å²) in [5.41, 5.74) is 4.20. The maximum atomic E-state index is 14.1. The number of fused-ring (bicyclic) bond motifs is 5. The Morgan fingerprint density at radius 3 is 2.74 bits per heavy atom. The monoisotopic (exact) mass is 502 g/mol. The quantitative estimate of drug-likeness (QED) is 0.285. The van der Waals surface area contributed by atoms with Crippen LogP contribution in [0.25, 0.3) is 21.7 Å². The number of hydrogen-bond acceptors (Lipinski definition) is 6. The van der Waals surface area contributed by atoms with E-state index < -0.39 is 0 Å². The van der Waals surface area contributed by atoms with Crippen molar-refractivity contribution < 1.29 is 4.74 Å². The van der Waals surface area contributed by atoms with Crippen LogP contribution in [0.15, 0.2) is 64.5 Å². The molecule has 0 amide bonds. The largest absolute Gasteiger partial charge is 0.372 e. The third kappa shape index (κ3) is 3.90. The van der Waals surface area contributed by atoms with Gasteiger partial charge in [-0.3, -0.25) is 4.79 Å². The molecule has 1 aliphatic heterocycles. The van der Waals surface area contributed by atoms with Crippen LogP contribution in [0.4, 0.5) is 0 Å². The van der Waals surface area contributed by atoms with Crippen LogP contribution in [0, 0.1) is 12.8 Å². The number of nitrogens with zero attached hydrogens (tertiary/aromatic N) is 4. The van der Waals surface area contributed by atoms with E-state index in [1.54, 1.807) is 27.7 Å². The van der Waals surface area contributed by atoms with Gasteiger partial charge in [0.2, 0.25) is 5.78 Å². The highest BCUT2D eigenvalue weighted by atomic mass is 32.2. The third-order valence-electron chi connectivity index (χ3n) is 6.56. The van der Waals surface area contributed by atoms with E-state index in [9.17, 15) is 4.79 Å². The first-order valence-electron chi connectivity index (χ1n) is 11.8. The second-order valence-corrected chi connectivity index (χ2v) is 11.4. The number of hydrogen-bond donors (Lipinski definition) is 0. The second kappa shape index (κ2) is 8.93. The van der Waals surface area contributed by atoms with Crippen LogP contribution < -0.4 is 5.56 Å². The van der Waals surface area contributed by atoms with Crippen LogP contribution in [-0.2, 0) is 23.5 Å². The highest BCUT2D eigenvalue weighted by Gasteiger charge is 2.30. The number of benzene rings is 2. The molecule has 8 heteroatoms. The van der Waals surface area contributed by atoms with E-state index >= 15 is 0 Å². The molecule has 35 heavy (non-hydrogen) atoms. The van der Waals surface area contributed by atoms with Crippen molar-refractivity contribution in [3.05, 3.63) is 86.5 Å². The lowest BCUT2D eigenvalue weighted by Gasteiger charge is -2.26. The lowest BCUT2D eigenvalue weighted by Crippen LogP contribution is -2.28. The van der Waals surface area contributed by atoms with Gasteiger partial charge in [0.05, 0.1) is 23.8 Å². The molecule has 0 bridgehead atoms. The lowest BCUT2D eigenvalue weighted by molar-refractivity contribution is 0.00200. The number of thiophene rings is 1. The molecule has 0 radical (unpaired) electrons. The predicted octanol–water partition coefficient (Wildman–Crippen LogP) is 5.79. The van der Waals surface area contributed by atoms with Gasteiger partial charge >= 0.3 is 0 Å². The maximum absolute atomic E-state index is 14.1. The van der Waals surface area contributed by atoms with Gasteiger partial charge in [0.1, 0.15) is 4.83 Å². The molecule has 0 unspecified atom stereocenters. The van der Waals surface area contributed by atoms with E-state index in [0.717, 1.165) is 49.2 Å². The molecule has 6 rings (SSSR count). The third-order valence-corrected chi connectivity index (χ3v) is 8.75. The zero-order valence-corrected chi connectivity index (χ0v) is 21.5. The summed E-state index contributed by atoms with van der Waals surface area (Å²) in [6.45, 7) is 6.92. The second-order valence-electron chi connectivity index (χ2n) is 9.35. The predicted molar refractivity (Wildman–Crippen MR) is 142 cm³/mol. The summed E-state index contributed by atoms with van der Waals surface area (Å²) in [6, 6.07) is 18.3. The van der Waals surface area contributed by atoms with Gasteiger partial charge in [0.15, 0.2) is 5.16 Å². The Balaban J connectivity index is 1.60. The molecule has 1 aliphatic rings. The summed E-state index contributed by atoms with van der Waals surface area (Å²) in [5.74, 6) is 1.70. The smallest absolute Gasteiger partial charge is 0.268 e. The number of rotatable bonds is 5. The Bertz CT molecular complexity index is 1600. The highest BCUT2D eigenvalue weighted by molar-refractivity contribution is 7.98. The Labute approximate surface area is 211 Å². The van der Waals surface area contributed by atoms with Crippen LogP contribution in [0.3, 0.4) is 0 Å². The normalized spacial score (nSPS) is 15.8. The van der Waals surface area contributed by atoms with Gasteiger partial charge in [-0.05, 0) is 41.7 Å². The molecule has 178 valence electrons. The molecule has 0 saturated heterocycles. The SMILES string of the molecule is Cc1cccc(-n2c(=O)c3c4c(sc3n3c(SCc5ccccc5)nnc23)CO[C@@H](C(C)C)C4)c1. The van der Waals surface area contributed by atoms with Crippen LogP contribution in [-0.4, -0.2) is 25.3 Å². The minimum Gasteiger partial charge on any atom is -0.372 e. The molecule has 5 aromatic rings. The summed E-state index contributed by atoms with van der Waals surface area (Å²) in [7, 11) is 0. The minimum atomic E-state index is -0.0352. The topological polar surface area (TPSA) is 61.4 Å². The van der Waals surface area contributed by atoms with Crippen molar-refractivity contribution in [2.75, 3.05) is 0 Å². The van der Waals surface area contributed by atoms with Gasteiger partial charge in [0.25, 0.3) is 5.56 Å². The molecule has 0 N–H and O–H groups in total. The Morgan fingerprint density at radius 1 is 1.14 bits per heavy atom. The first kappa shape index (κ1) is 22.5. The molecular weight excluding hydrogens is 476 g/mol. The van der Waals surface area contributed by atoms with Crippen molar-refractivity contribution >= 4 is 39.1 Å². The number of thioether (sulfide) groups is 1. The van der Waals surface area contributed by atoms with Crippen molar-refractivity contribution in [2.45, 2.75) is 50.8 Å². The number of aromatic nitrogens is 4. The van der Waals surface area contributed by atoms with E-state index in [-0.39, 0.29) is 11.7 Å². The fourth-order valence-electron chi connectivity index (χ4n) is 4.68. The minimum absolute atomic E-state index is 0.0352. The van der Waals surface area contributed by atoms with Crippen LogP contribution in [0.1, 0.15) is 35.4 Å². The zero-order chi connectivity index (χ0) is 24.1. The van der Waals surface area contributed by atoms with Crippen molar-refractivity contribution in [1.29, 1.82) is 0 Å². The average Bonchev–Trinajstić information content (AvgIpc) is 3.44. The summed E-state index contributed by atoms with van der Waals surface area (Å²) < 4.78 is 9.94. The highest BCUT2D eigenvalue weighted by Crippen LogP contribution is 2.38. The summed E-state index contributed by atoms with van der Waals surface area (Å²) in [6.07, 6.45) is 0.853. The summed E-state index contributed by atoms with van der Waals surface area (Å²) in [5, 5.41) is 10.6. The van der Waals surface area contributed by atoms with Gasteiger partial charge < -0.3 is 4.74 Å².